The Bertz CT molecular complexity index is 657. The van der Waals surface area contributed by atoms with E-state index in [2.05, 4.69) is 25.9 Å². The zero-order chi connectivity index (χ0) is 14.9. The molecule has 0 fully saturated rings. The van der Waals surface area contributed by atoms with Gasteiger partial charge in [0, 0.05) is 22.4 Å². The van der Waals surface area contributed by atoms with Gasteiger partial charge in [0.15, 0.2) is 5.82 Å². The number of benzene rings is 1. The third-order valence-electron chi connectivity index (χ3n) is 2.43. The van der Waals surface area contributed by atoms with Crippen LogP contribution in [0.15, 0.2) is 35.1 Å². The first-order chi connectivity index (χ1) is 9.29. The van der Waals surface area contributed by atoms with Gasteiger partial charge in [-0.2, -0.15) is 13.2 Å². The summed E-state index contributed by atoms with van der Waals surface area (Å²) in [6, 6.07) is 3.57. The molecule has 2 rings (SSSR count). The van der Waals surface area contributed by atoms with E-state index in [0.29, 0.717) is 0 Å². The molecule has 1 aromatic heterocycles. The molecule has 1 N–H and O–H groups in total. The number of carboxylic acid groups (broad SMARTS) is 1. The first-order valence-corrected chi connectivity index (χ1v) is 6.01. The average Bonchev–Trinajstić information content (AvgIpc) is 2.38. The van der Waals surface area contributed by atoms with Crippen molar-refractivity contribution in [3.63, 3.8) is 0 Å². The van der Waals surface area contributed by atoms with Crippen molar-refractivity contribution >= 4 is 21.9 Å². The molecule has 0 spiro atoms. The molecule has 0 unspecified atom stereocenters. The van der Waals surface area contributed by atoms with Crippen molar-refractivity contribution in [2.75, 3.05) is 0 Å². The topological polar surface area (TPSA) is 63.1 Å². The molecule has 0 aliphatic carbocycles. The molecule has 20 heavy (non-hydrogen) atoms. The third-order valence-corrected chi connectivity index (χ3v) is 2.92. The van der Waals surface area contributed by atoms with E-state index in [0.717, 1.165) is 18.5 Å². The van der Waals surface area contributed by atoms with Crippen molar-refractivity contribution in [1.82, 2.24) is 9.97 Å². The molecule has 0 saturated heterocycles. The molecule has 0 aliphatic heterocycles. The van der Waals surface area contributed by atoms with Crippen LogP contribution < -0.4 is 0 Å². The molecule has 0 atom stereocenters. The third kappa shape index (κ3) is 2.96. The van der Waals surface area contributed by atoms with Gasteiger partial charge < -0.3 is 5.11 Å². The highest BCUT2D eigenvalue weighted by molar-refractivity contribution is 9.10. The van der Waals surface area contributed by atoms with Crippen LogP contribution in [-0.4, -0.2) is 21.0 Å². The minimum Gasteiger partial charge on any atom is -0.478 e. The van der Waals surface area contributed by atoms with Gasteiger partial charge in [0.05, 0.1) is 11.1 Å². The smallest absolute Gasteiger partial charge is 0.417 e. The van der Waals surface area contributed by atoms with Crippen molar-refractivity contribution < 1.29 is 23.1 Å². The SMILES string of the molecule is O=C(O)c1cnc(-c2ccc(Br)cc2C(F)(F)F)nc1. The molecule has 0 bridgehead atoms. The monoisotopic (exact) mass is 346 g/mol. The molecule has 1 aromatic carbocycles. The van der Waals surface area contributed by atoms with Crippen molar-refractivity contribution in [3.05, 3.63) is 46.2 Å². The van der Waals surface area contributed by atoms with Crippen LogP contribution in [0.4, 0.5) is 13.2 Å². The Morgan fingerprint density at radius 3 is 2.30 bits per heavy atom. The summed E-state index contributed by atoms with van der Waals surface area (Å²) in [5, 5.41) is 8.70. The first kappa shape index (κ1) is 14.4. The second-order valence-corrected chi connectivity index (χ2v) is 4.70. The summed E-state index contributed by atoms with van der Waals surface area (Å²) in [5.41, 5.74) is -1.30. The van der Waals surface area contributed by atoms with E-state index < -0.39 is 17.7 Å². The van der Waals surface area contributed by atoms with E-state index >= 15 is 0 Å². The highest BCUT2D eigenvalue weighted by atomic mass is 79.9. The Labute approximate surface area is 119 Å². The lowest BCUT2D eigenvalue weighted by Crippen LogP contribution is -2.08. The van der Waals surface area contributed by atoms with Gasteiger partial charge >= 0.3 is 12.1 Å². The summed E-state index contributed by atoms with van der Waals surface area (Å²) in [6.07, 6.45) is -2.63. The van der Waals surface area contributed by atoms with E-state index in [1.165, 1.54) is 12.1 Å². The fourth-order valence-corrected chi connectivity index (χ4v) is 1.88. The normalized spacial score (nSPS) is 11.4. The summed E-state index contributed by atoms with van der Waals surface area (Å²) in [5.74, 6) is -1.43. The van der Waals surface area contributed by atoms with Crippen LogP contribution in [0.25, 0.3) is 11.4 Å². The van der Waals surface area contributed by atoms with Crippen LogP contribution in [0.2, 0.25) is 0 Å². The maximum Gasteiger partial charge on any atom is 0.417 e. The predicted molar refractivity (Wildman–Crippen MR) is 67.1 cm³/mol. The highest BCUT2D eigenvalue weighted by Gasteiger charge is 2.34. The summed E-state index contributed by atoms with van der Waals surface area (Å²) in [7, 11) is 0. The second kappa shape index (κ2) is 5.20. The maximum atomic E-state index is 13.0. The van der Waals surface area contributed by atoms with Crippen molar-refractivity contribution in [2.24, 2.45) is 0 Å². The zero-order valence-electron chi connectivity index (χ0n) is 9.65. The molecule has 2 aromatic rings. The van der Waals surface area contributed by atoms with Gasteiger partial charge in [-0.1, -0.05) is 15.9 Å². The van der Waals surface area contributed by atoms with E-state index in [-0.39, 0.29) is 21.4 Å². The van der Waals surface area contributed by atoms with Gasteiger partial charge in [0.25, 0.3) is 0 Å². The van der Waals surface area contributed by atoms with Crippen LogP contribution >= 0.6 is 15.9 Å². The lowest BCUT2D eigenvalue weighted by Gasteiger charge is -2.12. The van der Waals surface area contributed by atoms with Crippen LogP contribution in [0, 0.1) is 0 Å². The molecule has 4 nitrogen and oxygen atoms in total. The highest BCUT2D eigenvalue weighted by Crippen LogP contribution is 2.37. The Morgan fingerprint density at radius 2 is 1.80 bits per heavy atom. The number of halogens is 4. The number of aromatic carboxylic acids is 1. The van der Waals surface area contributed by atoms with E-state index in [1.54, 1.807) is 0 Å². The molecule has 8 heteroatoms. The molecular formula is C12H6BrF3N2O2. The summed E-state index contributed by atoms with van der Waals surface area (Å²) in [6.45, 7) is 0. The summed E-state index contributed by atoms with van der Waals surface area (Å²) < 4.78 is 39.1. The molecular weight excluding hydrogens is 341 g/mol. The lowest BCUT2D eigenvalue weighted by atomic mass is 10.1. The van der Waals surface area contributed by atoms with Gasteiger partial charge in [-0.3, -0.25) is 0 Å². The number of carboxylic acids is 1. The number of aromatic nitrogens is 2. The Balaban J connectivity index is 2.55. The molecule has 0 radical (unpaired) electrons. The number of hydrogen-bond acceptors (Lipinski definition) is 3. The quantitative estimate of drug-likeness (QED) is 0.901. The Kier molecular flexibility index (Phi) is 3.76. The first-order valence-electron chi connectivity index (χ1n) is 5.21. The van der Waals surface area contributed by atoms with E-state index in [1.807, 2.05) is 0 Å². The van der Waals surface area contributed by atoms with Gasteiger partial charge in [-0.05, 0) is 18.2 Å². The van der Waals surface area contributed by atoms with Gasteiger partial charge in [-0.25, -0.2) is 14.8 Å². The second-order valence-electron chi connectivity index (χ2n) is 3.79. The van der Waals surface area contributed by atoms with E-state index in [9.17, 15) is 18.0 Å². The van der Waals surface area contributed by atoms with Crippen LogP contribution in [0.3, 0.4) is 0 Å². The van der Waals surface area contributed by atoms with Crippen LogP contribution in [0.1, 0.15) is 15.9 Å². The fourth-order valence-electron chi connectivity index (χ4n) is 1.52. The standard InChI is InChI=1S/C12H6BrF3N2O2/c13-7-1-2-8(9(3-7)12(14,15)16)10-17-4-6(5-18-10)11(19)20/h1-5H,(H,19,20). The number of nitrogens with zero attached hydrogens (tertiary/aromatic N) is 2. The minimum atomic E-state index is -4.56. The average molecular weight is 347 g/mol. The Morgan fingerprint density at radius 1 is 1.20 bits per heavy atom. The fraction of sp³-hybridized carbons (Fsp3) is 0.0833. The number of carbonyl (C=O) groups is 1. The Hall–Kier alpha value is -1.96. The molecule has 104 valence electrons. The van der Waals surface area contributed by atoms with Gasteiger partial charge in [0.1, 0.15) is 0 Å². The number of hydrogen-bond donors (Lipinski definition) is 1. The van der Waals surface area contributed by atoms with Gasteiger partial charge in [0.2, 0.25) is 0 Å². The molecule has 0 saturated carbocycles. The molecule has 0 amide bonds. The summed E-state index contributed by atoms with van der Waals surface area (Å²) >= 11 is 2.97. The minimum absolute atomic E-state index is 0.185. The van der Waals surface area contributed by atoms with Crippen molar-refractivity contribution in [2.45, 2.75) is 6.18 Å². The maximum absolute atomic E-state index is 13.0. The van der Waals surface area contributed by atoms with Crippen molar-refractivity contribution in [3.8, 4) is 11.4 Å². The lowest BCUT2D eigenvalue weighted by molar-refractivity contribution is -0.137. The van der Waals surface area contributed by atoms with Crippen LogP contribution in [-0.2, 0) is 6.18 Å². The van der Waals surface area contributed by atoms with Crippen LogP contribution in [0.5, 0.6) is 0 Å². The number of rotatable bonds is 2. The largest absolute Gasteiger partial charge is 0.478 e. The van der Waals surface area contributed by atoms with Gasteiger partial charge in [-0.15, -0.1) is 0 Å². The van der Waals surface area contributed by atoms with Crippen molar-refractivity contribution in [1.29, 1.82) is 0 Å². The number of alkyl halides is 3. The molecule has 0 aliphatic rings. The molecule has 1 heterocycles. The van der Waals surface area contributed by atoms with E-state index in [4.69, 9.17) is 5.11 Å². The zero-order valence-corrected chi connectivity index (χ0v) is 11.2. The summed E-state index contributed by atoms with van der Waals surface area (Å²) in [4.78, 5) is 18.0. The predicted octanol–water partition coefficient (Wildman–Crippen LogP) is 3.62.